The van der Waals surface area contributed by atoms with E-state index in [9.17, 15) is 0 Å². The zero-order valence-corrected chi connectivity index (χ0v) is 21.0. The SMILES string of the molecule is Clc1cc(C(Cl)(Cl)C(Cl)(Cl)c2ccccc2)c(-c2ccccc2)c(-c2ccccc2)c1Cl. The van der Waals surface area contributed by atoms with Gasteiger partial charge in [0.2, 0.25) is 0 Å². The Balaban J connectivity index is 2.08. The van der Waals surface area contributed by atoms with Crippen molar-refractivity contribution in [2.75, 3.05) is 0 Å². The van der Waals surface area contributed by atoms with Crippen LogP contribution in [0.3, 0.4) is 0 Å². The minimum Gasteiger partial charge on any atom is -0.0925 e. The van der Waals surface area contributed by atoms with Gasteiger partial charge >= 0.3 is 0 Å². The molecule has 0 unspecified atom stereocenters. The van der Waals surface area contributed by atoms with Gasteiger partial charge in [0.25, 0.3) is 0 Å². The molecule has 0 spiro atoms. The molecule has 0 saturated carbocycles. The maximum absolute atomic E-state index is 7.03. The first-order chi connectivity index (χ1) is 15.2. The zero-order chi connectivity index (χ0) is 22.9. The van der Waals surface area contributed by atoms with Crippen LogP contribution in [0.15, 0.2) is 97.1 Å². The molecule has 0 bridgehead atoms. The highest BCUT2D eigenvalue weighted by molar-refractivity contribution is 6.62. The van der Waals surface area contributed by atoms with Gasteiger partial charge in [-0.25, -0.2) is 0 Å². The van der Waals surface area contributed by atoms with Crippen LogP contribution in [-0.4, -0.2) is 0 Å². The average Bonchev–Trinajstić information content (AvgIpc) is 2.82. The molecule has 0 heterocycles. The Kier molecular flexibility index (Phi) is 7.03. The van der Waals surface area contributed by atoms with Crippen molar-refractivity contribution in [1.82, 2.24) is 0 Å². The Labute approximate surface area is 217 Å². The Morgan fingerprint density at radius 2 is 0.938 bits per heavy atom. The lowest BCUT2D eigenvalue weighted by atomic mass is 9.87. The van der Waals surface area contributed by atoms with E-state index in [1.807, 2.05) is 78.9 Å². The van der Waals surface area contributed by atoms with Crippen LogP contribution in [0.2, 0.25) is 10.0 Å². The van der Waals surface area contributed by atoms with Gasteiger partial charge in [-0.15, -0.1) is 0 Å². The third-order valence-electron chi connectivity index (χ3n) is 5.21. The first-order valence-electron chi connectivity index (χ1n) is 9.69. The van der Waals surface area contributed by atoms with Gasteiger partial charge in [0, 0.05) is 11.1 Å². The summed E-state index contributed by atoms with van der Waals surface area (Å²) in [5, 5.41) is 0.683. The predicted molar refractivity (Wildman–Crippen MR) is 141 cm³/mol. The van der Waals surface area contributed by atoms with Crippen molar-refractivity contribution < 1.29 is 0 Å². The first-order valence-corrected chi connectivity index (χ1v) is 12.0. The number of benzene rings is 4. The summed E-state index contributed by atoms with van der Waals surface area (Å²) in [6.45, 7) is 0. The van der Waals surface area contributed by atoms with Crippen molar-refractivity contribution in [3.8, 4) is 22.3 Å². The van der Waals surface area contributed by atoms with Crippen LogP contribution < -0.4 is 0 Å². The van der Waals surface area contributed by atoms with Crippen molar-refractivity contribution in [3.63, 3.8) is 0 Å². The third kappa shape index (κ3) is 4.26. The molecule has 0 nitrogen and oxygen atoms in total. The molecule has 6 heteroatoms. The molecule has 0 N–H and O–H groups in total. The minimum atomic E-state index is -1.78. The molecule has 0 atom stereocenters. The van der Waals surface area contributed by atoms with Gasteiger partial charge < -0.3 is 0 Å². The van der Waals surface area contributed by atoms with Crippen LogP contribution in [-0.2, 0) is 8.67 Å². The minimum absolute atomic E-state index is 0.295. The molecule has 4 aromatic carbocycles. The second kappa shape index (κ2) is 9.47. The van der Waals surface area contributed by atoms with E-state index in [1.165, 1.54) is 0 Å². The smallest absolute Gasteiger partial charge is 0.0925 e. The van der Waals surface area contributed by atoms with Gasteiger partial charge in [0.05, 0.1) is 10.0 Å². The highest BCUT2D eigenvalue weighted by Gasteiger charge is 2.51. The molecular formula is C26H16Cl6. The number of rotatable bonds is 5. The van der Waals surface area contributed by atoms with E-state index in [0.717, 1.165) is 11.1 Å². The molecular weight excluding hydrogens is 525 g/mol. The fourth-order valence-electron chi connectivity index (χ4n) is 3.65. The maximum Gasteiger partial charge on any atom is 0.180 e. The largest absolute Gasteiger partial charge is 0.180 e. The van der Waals surface area contributed by atoms with Gasteiger partial charge in [-0.3, -0.25) is 0 Å². The highest BCUT2D eigenvalue weighted by atomic mass is 35.5. The van der Waals surface area contributed by atoms with Crippen LogP contribution in [0, 0.1) is 0 Å². The summed E-state index contributed by atoms with van der Waals surface area (Å²) in [6, 6.07) is 30.0. The molecule has 32 heavy (non-hydrogen) atoms. The standard InChI is InChI=1S/C26H16Cl6/c27-21-16-20(26(31,32)25(29,30)19-14-8-3-9-15-19)22(17-10-4-1-5-11-17)23(24(21)28)18-12-6-2-7-13-18/h1-16H. The average molecular weight is 541 g/mol. The van der Waals surface area contributed by atoms with Crippen LogP contribution >= 0.6 is 69.6 Å². The lowest BCUT2D eigenvalue weighted by Gasteiger charge is -2.36. The summed E-state index contributed by atoms with van der Waals surface area (Å²) in [7, 11) is 0. The van der Waals surface area contributed by atoms with E-state index in [1.54, 1.807) is 18.2 Å². The lowest BCUT2D eigenvalue weighted by Crippen LogP contribution is -2.32. The second-order valence-electron chi connectivity index (χ2n) is 7.22. The van der Waals surface area contributed by atoms with E-state index in [0.29, 0.717) is 32.3 Å². The predicted octanol–water partition coefficient (Wildman–Crippen LogP) is 10.3. The number of hydrogen-bond donors (Lipinski definition) is 0. The van der Waals surface area contributed by atoms with Crippen LogP contribution in [0.4, 0.5) is 0 Å². The van der Waals surface area contributed by atoms with E-state index in [4.69, 9.17) is 69.6 Å². The highest BCUT2D eigenvalue weighted by Crippen LogP contribution is 2.60. The number of halogens is 6. The number of hydrogen-bond acceptors (Lipinski definition) is 0. The molecule has 0 radical (unpaired) electrons. The lowest BCUT2D eigenvalue weighted by molar-refractivity contribution is 0.734. The Hall–Kier alpha value is -1.38. The van der Waals surface area contributed by atoms with Crippen LogP contribution in [0.5, 0.6) is 0 Å². The topological polar surface area (TPSA) is 0 Å². The third-order valence-corrected chi connectivity index (χ3v) is 8.37. The molecule has 0 amide bonds. The summed E-state index contributed by atoms with van der Waals surface area (Å²) in [5.74, 6) is 0. The Morgan fingerprint density at radius 1 is 0.500 bits per heavy atom. The normalized spacial score (nSPS) is 12.1. The molecule has 0 saturated heterocycles. The van der Waals surface area contributed by atoms with Gasteiger partial charge in [-0.2, -0.15) is 0 Å². The summed E-state index contributed by atoms with van der Waals surface area (Å²) in [4.78, 5) is 0. The quantitative estimate of drug-likeness (QED) is 0.221. The van der Waals surface area contributed by atoms with Crippen molar-refractivity contribution in [2.45, 2.75) is 8.67 Å². The molecule has 162 valence electrons. The number of alkyl halides is 4. The van der Waals surface area contributed by atoms with E-state index < -0.39 is 8.67 Å². The zero-order valence-electron chi connectivity index (χ0n) is 16.5. The molecule has 4 aromatic rings. The van der Waals surface area contributed by atoms with Crippen LogP contribution in [0.25, 0.3) is 22.3 Å². The second-order valence-corrected chi connectivity index (χ2v) is 10.7. The summed E-state index contributed by atoms with van der Waals surface area (Å²) >= 11 is 41.1. The van der Waals surface area contributed by atoms with Crippen molar-refractivity contribution in [3.05, 3.63) is 118 Å². The van der Waals surface area contributed by atoms with Crippen molar-refractivity contribution in [2.24, 2.45) is 0 Å². The van der Waals surface area contributed by atoms with Gasteiger partial charge in [-0.1, -0.05) is 161 Å². The molecule has 0 aromatic heterocycles. The Bertz CT molecular complexity index is 1220. The van der Waals surface area contributed by atoms with Crippen LogP contribution in [0.1, 0.15) is 11.1 Å². The molecule has 0 fully saturated rings. The first kappa shape index (κ1) is 23.8. The van der Waals surface area contributed by atoms with Crippen molar-refractivity contribution in [1.29, 1.82) is 0 Å². The van der Waals surface area contributed by atoms with Gasteiger partial charge in [0.15, 0.2) is 8.67 Å². The van der Waals surface area contributed by atoms with Crippen molar-refractivity contribution >= 4 is 69.6 Å². The fraction of sp³-hybridized carbons (Fsp3) is 0.0769. The summed E-state index contributed by atoms with van der Waals surface area (Å²) in [6.07, 6.45) is 0. The molecule has 4 rings (SSSR count). The molecule has 0 aliphatic carbocycles. The summed E-state index contributed by atoms with van der Waals surface area (Å²) < 4.78 is -3.47. The van der Waals surface area contributed by atoms with E-state index in [2.05, 4.69) is 0 Å². The monoisotopic (exact) mass is 538 g/mol. The van der Waals surface area contributed by atoms with Gasteiger partial charge in [-0.05, 0) is 28.3 Å². The molecule has 0 aliphatic rings. The van der Waals surface area contributed by atoms with Gasteiger partial charge in [0.1, 0.15) is 0 Å². The summed E-state index contributed by atoms with van der Waals surface area (Å²) in [5.41, 5.74) is 4.12. The van der Waals surface area contributed by atoms with E-state index >= 15 is 0 Å². The Morgan fingerprint density at radius 3 is 1.44 bits per heavy atom. The molecule has 0 aliphatic heterocycles. The van der Waals surface area contributed by atoms with E-state index in [-0.39, 0.29) is 0 Å². The maximum atomic E-state index is 7.03. The fourth-order valence-corrected chi connectivity index (χ4v) is 5.09.